The first-order chi connectivity index (χ1) is 18.4. The summed E-state index contributed by atoms with van der Waals surface area (Å²) in [7, 11) is 1.64. The molecule has 0 radical (unpaired) electrons. The third kappa shape index (κ3) is 4.55. The predicted octanol–water partition coefficient (Wildman–Crippen LogP) is 5.89. The summed E-state index contributed by atoms with van der Waals surface area (Å²) in [6, 6.07) is 13.9. The lowest BCUT2D eigenvalue weighted by molar-refractivity contribution is 0.0695. The molecular weight excluding hydrogens is 498 g/mol. The molecule has 2 atom stereocenters. The molecule has 0 spiro atoms. The minimum atomic E-state index is -0.146. The largest absolute Gasteiger partial charge is 0.380 e. The SMILES string of the molecule is CO[C@@H]1C[C@@H](CC#N)N(C(=O)c2cc3nccc(Nc4ccc5c(c4)cc(C)n5C(=O)CC4CC4)c3s2)C1. The zero-order valence-electron chi connectivity index (χ0n) is 21.4. The molecule has 1 aliphatic carbocycles. The maximum atomic E-state index is 13.4. The van der Waals surface area contributed by atoms with Crippen molar-refractivity contribution in [1.29, 1.82) is 5.26 Å². The van der Waals surface area contributed by atoms with Crippen molar-refractivity contribution in [2.24, 2.45) is 5.92 Å². The molecular formula is C29H29N5O3S. The van der Waals surface area contributed by atoms with E-state index in [9.17, 15) is 14.9 Å². The molecule has 2 aliphatic rings. The molecule has 38 heavy (non-hydrogen) atoms. The molecule has 1 saturated carbocycles. The average Bonchev–Trinajstić information content (AvgIpc) is 3.32. The summed E-state index contributed by atoms with van der Waals surface area (Å²) < 4.78 is 8.21. The Balaban J connectivity index is 1.27. The van der Waals surface area contributed by atoms with Gasteiger partial charge in [-0.15, -0.1) is 11.3 Å². The van der Waals surface area contributed by atoms with Gasteiger partial charge in [-0.3, -0.25) is 19.1 Å². The molecule has 9 heteroatoms. The van der Waals surface area contributed by atoms with Crippen LogP contribution in [0.3, 0.4) is 0 Å². The molecule has 1 aliphatic heterocycles. The van der Waals surface area contributed by atoms with E-state index in [0.717, 1.165) is 51.0 Å². The highest BCUT2D eigenvalue weighted by atomic mass is 32.1. The Labute approximate surface area is 224 Å². The predicted molar refractivity (Wildman–Crippen MR) is 148 cm³/mol. The lowest BCUT2D eigenvalue weighted by Gasteiger charge is -2.21. The Morgan fingerprint density at radius 2 is 2.08 bits per heavy atom. The maximum absolute atomic E-state index is 13.4. The molecule has 4 heterocycles. The number of carbonyl (C=O) groups excluding carboxylic acids is 2. The smallest absolute Gasteiger partial charge is 0.264 e. The summed E-state index contributed by atoms with van der Waals surface area (Å²) in [5, 5.41) is 13.7. The van der Waals surface area contributed by atoms with Crippen molar-refractivity contribution < 1.29 is 14.3 Å². The highest BCUT2D eigenvalue weighted by molar-refractivity contribution is 7.21. The zero-order chi connectivity index (χ0) is 26.4. The van der Waals surface area contributed by atoms with E-state index in [-0.39, 0.29) is 30.4 Å². The highest BCUT2D eigenvalue weighted by Crippen LogP contribution is 2.36. The molecule has 0 bridgehead atoms. The molecule has 1 saturated heterocycles. The van der Waals surface area contributed by atoms with Gasteiger partial charge in [-0.1, -0.05) is 0 Å². The lowest BCUT2D eigenvalue weighted by atomic mass is 10.1. The third-order valence-electron chi connectivity index (χ3n) is 7.59. The van der Waals surface area contributed by atoms with Crippen LogP contribution in [-0.4, -0.2) is 52.1 Å². The second-order valence-electron chi connectivity index (χ2n) is 10.3. The number of methoxy groups -OCH3 is 1. The number of anilines is 2. The van der Waals surface area contributed by atoms with Crippen molar-refractivity contribution in [1.82, 2.24) is 14.5 Å². The van der Waals surface area contributed by atoms with Crippen LogP contribution in [0.25, 0.3) is 21.1 Å². The van der Waals surface area contributed by atoms with E-state index in [1.54, 1.807) is 18.2 Å². The number of likely N-dealkylation sites (tertiary alicyclic amines) is 1. The summed E-state index contributed by atoms with van der Waals surface area (Å²) in [6.07, 6.45) is 5.55. The van der Waals surface area contributed by atoms with Crippen LogP contribution in [-0.2, 0) is 4.74 Å². The van der Waals surface area contributed by atoms with Gasteiger partial charge in [0.05, 0.1) is 44.9 Å². The van der Waals surface area contributed by atoms with Gasteiger partial charge in [0.15, 0.2) is 0 Å². The normalized spacial score (nSPS) is 19.2. The fraction of sp³-hybridized carbons (Fsp3) is 0.379. The second kappa shape index (κ2) is 9.86. The standard InChI is InChI=1S/C29H29N5O3S/c1-17-11-19-13-20(5-6-25(19)34(17)27(35)12-18-3-4-18)32-23-8-10-31-24-15-26(38-28(23)24)29(36)33-16-22(37-2)14-21(33)7-9-30/h5-6,8,10-11,13,15,18,21-22H,3-4,7,12,14,16H2,1-2H3,(H,31,32)/t21-,22-/m1/s1. The Bertz CT molecular complexity index is 1600. The zero-order valence-corrected chi connectivity index (χ0v) is 22.3. The minimum Gasteiger partial charge on any atom is -0.380 e. The summed E-state index contributed by atoms with van der Waals surface area (Å²) in [6.45, 7) is 2.46. The van der Waals surface area contributed by atoms with E-state index in [1.165, 1.54) is 11.3 Å². The molecule has 0 unspecified atom stereocenters. The number of aromatic nitrogens is 2. The molecule has 6 rings (SSSR count). The first-order valence-electron chi connectivity index (χ1n) is 13.0. The molecule has 1 amide bonds. The van der Waals surface area contributed by atoms with Crippen molar-refractivity contribution >= 4 is 55.6 Å². The number of ether oxygens (including phenoxy) is 1. The number of nitriles is 1. The molecule has 8 nitrogen and oxygen atoms in total. The van der Waals surface area contributed by atoms with E-state index in [1.807, 2.05) is 35.8 Å². The number of rotatable bonds is 7. The van der Waals surface area contributed by atoms with Crippen LogP contribution in [0.2, 0.25) is 0 Å². The second-order valence-corrected chi connectivity index (χ2v) is 11.4. The number of nitrogens with zero attached hydrogens (tertiary/aromatic N) is 4. The molecule has 194 valence electrons. The number of hydrogen-bond donors (Lipinski definition) is 1. The Morgan fingerprint density at radius 3 is 2.84 bits per heavy atom. The third-order valence-corrected chi connectivity index (χ3v) is 8.74. The van der Waals surface area contributed by atoms with Crippen molar-refractivity contribution in [3.63, 3.8) is 0 Å². The van der Waals surface area contributed by atoms with Gasteiger partial charge >= 0.3 is 0 Å². The number of pyridine rings is 1. The van der Waals surface area contributed by atoms with Gasteiger partial charge in [0.1, 0.15) is 0 Å². The Morgan fingerprint density at radius 1 is 1.24 bits per heavy atom. The summed E-state index contributed by atoms with van der Waals surface area (Å²) in [5.41, 5.74) is 4.38. The van der Waals surface area contributed by atoms with Crippen LogP contribution < -0.4 is 5.32 Å². The molecule has 3 aromatic heterocycles. The number of hydrogen-bond acceptors (Lipinski definition) is 7. The fourth-order valence-electron chi connectivity index (χ4n) is 5.45. The number of nitrogens with one attached hydrogen (secondary N) is 1. The Hall–Kier alpha value is -3.74. The molecule has 2 fully saturated rings. The first-order valence-corrected chi connectivity index (χ1v) is 13.8. The van der Waals surface area contributed by atoms with Crippen molar-refractivity contribution in [3.05, 3.63) is 53.2 Å². The number of aryl methyl sites for hydroxylation is 1. The van der Waals surface area contributed by atoms with Gasteiger partial charge in [0.2, 0.25) is 5.91 Å². The molecule has 1 N–H and O–H groups in total. The van der Waals surface area contributed by atoms with Gasteiger partial charge in [-0.25, -0.2) is 0 Å². The van der Waals surface area contributed by atoms with E-state index < -0.39 is 0 Å². The lowest BCUT2D eigenvalue weighted by Crippen LogP contribution is -2.35. The number of amides is 1. The van der Waals surface area contributed by atoms with Gasteiger partial charge in [0.25, 0.3) is 5.91 Å². The van der Waals surface area contributed by atoms with Gasteiger partial charge in [-0.2, -0.15) is 5.26 Å². The number of carbonyl (C=O) groups is 2. The van der Waals surface area contributed by atoms with Crippen LogP contribution in [0.5, 0.6) is 0 Å². The Kier molecular flexibility index (Phi) is 6.38. The number of fused-ring (bicyclic) bond motifs is 2. The molecule has 1 aromatic carbocycles. The topological polar surface area (TPSA) is 100 Å². The number of benzene rings is 1. The first kappa shape index (κ1) is 24.6. The quantitative estimate of drug-likeness (QED) is 0.322. The van der Waals surface area contributed by atoms with Gasteiger partial charge in [-0.05, 0) is 68.5 Å². The van der Waals surface area contributed by atoms with Crippen LogP contribution >= 0.6 is 11.3 Å². The average molecular weight is 528 g/mol. The summed E-state index contributed by atoms with van der Waals surface area (Å²) in [4.78, 5) is 33.1. The van der Waals surface area contributed by atoms with Crippen LogP contribution in [0.1, 0.15) is 52.3 Å². The van der Waals surface area contributed by atoms with Gasteiger partial charge in [0, 0.05) is 49.1 Å². The summed E-state index contributed by atoms with van der Waals surface area (Å²) in [5.74, 6) is 0.619. The van der Waals surface area contributed by atoms with Crippen molar-refractivity contribution in [2.75, 3.05) is 19.0 Å². The van der Waals surface area contributed by atoms with E-state index >= 15 is 0 Å². The highest BCUT2D eigenvalue weighted by Gasteiger charge is 2.36. The maximum Gasteiger partial charge on any atom is 0.264 e. The minimum absolute atomic E-state index is 0.0561. The van der Waals surface area contributed by atoms with E-state index in [2.05, 4.69) is 28.5 Å². The fourth-order valence-corrected chi connectivity index (χ4v) is 6.49. The van der Waals surface area contributed by atoms with Crippen LogP contribution in [0.4, 0.5) is 11.4 Å². The van der Waals surface area contributed by atoms with Crippen molar-refractivity contribution in [3.8, 4) is 6.07 Å². The van der Waals surface area contributed by atoms with Crippen molar-refractivity contribution in [2.45, 2.75) is 51.2 Å². The van der Waals surface area contributed by atoms with E-state index in [0.29, 0.717) is 30.2 Å². The van der Waals surface area contributed by atoms with E-state index in [4.69, 9.17) is 4.74 Å². The monoisotopic (exact) mass is 527 g/mol. The molecule has 4 aromatic rings. The number of thiophene rings is 1. The summed E-state index contributed by atoms with van der Waals surface area (Å²) >= 11 is 1.40. The van der Waals surface area contributed by atoms with Crippen LogP contribution in [0.15, 0.2) is 42.6 Å². The van der Waals surface area contributed by atoms with Crippen LogP contribution in [0, 0.1) is 24.2 Å². The van der Waals surface area contributed by atoms with Gasteiger partial charge < -0.3 is 15.0 Å².